The second-order valence-electron chi connectivity index (χ2n) is 5.79. The van der Waals surface area contributed by atoms with Crippen LogP contribution in [0.25, 0.3) is 5.57 Å². The molecule has 0 radical (unpaired) electrons. The molecule has 0 saturated carbocycles. The SMILES string of the molecule is O=C1C=C2CC3(O)COc4c(ccc(O)c4O)C3=C2CC1=O. The zero-order chi connectivity index (χ0) is 15.6. The normalized spacial score (nSPS) is 26.1. The first-order valence-electron chi connectivity index (χ1n) is 6.83. The van der Waals surface area contributed by atoms with E-state index in [1.165, 1.54) is 18.2 Å². The van der Waals surface area contributed by atoms with Crippen LogP contribution in [0.15, 0.2) is 29.4 Å². The van der Waals surface area contributed by atoms with Gasteiger partial charge in [-0.25, -0.2) is 0 Å². The Bertz CT molecular complexity index is 816. The van der Waals surface area contributed by atoms with Crippen LogP contribution in [0.5, 0.6) is 17.2 Å². The first-order chi connectivity index (χ1) is 10.4. The summed E-state index contributed by atoms with van der Waals surface area (Å²) in [6, 6.07) is 2.83. The molecule has 0 fully saturated rings. The summed E-state index contributed by atoms with van der Waals surface area (Å²) in [5, 5.41) is 30.3. The fourth-order valence-electron chi connectivity index (χ4n) is 3.41. The summed E-state index contributed by atoms with van der Waals surface area (Å²) in [5.41, 5.74) is 0.844. The van der Waals surface area contributed by atoms with E-state index in [0.717, 1.165) is 0 Å². The monoisotopic (exact) mass is 300 g/mol. The number of rotatable bonds is 0. The van der Waals surface area contributed by atoms with Crippen molar-refractivity contribution in [3.05, 3.63) is 34.9 Å². The van der Waals surface area contributed by atoms with Crippen LogP contribution in [0.4, 0.5) is 0 Å². The molecule has 3 aliphatic rings. The molecule has 22 heavy (non-hydrogen) atoms. The molecule has 3 N–H and O–H groups in total. The maximum absolute atomic E-state index is 11.7. The summed E-state index contributed by atoms with van der Waals surface area (Å²) in [4.78, 5) is 23.3. The fraction of sp³-hybridized carbons (Fsp3) is 0.250. The Morgan fingerprint density at radius 2 is 1.95 bits per heavy atom. The Balaban J connectivity index is 2.01. The summed E-state index contributed by atoms with van der Waals surface area (Å²) in [6.45, 7) is -0.116. The van der Waals surface area contributed by atoms with Crippen molar-refractivity contribution in [3.8, 4) is 17.2 Å². The molecule has 2 aliphatic carbocycles. The summed E-state index contributed by atoms with van der Waals surface area (Å²) >= 11 is 0. The maximum atomic E-state index is 11.7. The molecule has 1 atom stereocenters. The van der Waals surface area contributed by atoms with Crippen LogP contribution >= 0.6 is 0 Å². The first-order valence-corrected chi connectivity index (χ1v) is 6.83. The van der Waals surface area contributed by atoms with Crippen LogP contribution in [-0.4, -0.2) is 39.1 Å². The molecule has 1 heterocycles. The number of Topliss-reactive ketones (excluding diaryl/α,β-unsaturated/α-hetero) is 1. The van der Waals surface area contributed by atoms with Gasteiger partial charge in [0.2, 0.25) is 17.3 Å². The summed E-state index contributed by atoms with van der Waals surface area (Å²) in [5.74, 6) is -1.72. The van der Waals surface area contributed by atoms with Gasteiger partial charge < -0.3 is 20.1 Å². The van der Waals surface area contributed by atoms with Gasteiger partial charge in [0.15, 0.2) is 11.5 Å². The highest BCUT2D eigenvalue weighted by atomic mass is 16.5. The number of benzene rings is 1. The quantitative estimate of drug-likeness (QED) is 0.484. The summed E-state index contributed by atoms with van der Waals surface area (Å²) in [7, 11) is 0. The Hall–Kier alpha value is -2.60. The predicted octanol–water partition coefficient (Wildman–Crippen LogP) is 0.847. The van der Waals surface area contributed by atoms with E-state index in [4.69, 9.17) is 4.74 Å². The third-order valence-electron chi connectivity index (χ3n) is 4.39. The molecule has 6 nitrogen and oxygen atoms in total. The van der Waals surface area contributed by atoms with Crippen LogP contribution in [0.2, 0.25) is 0 Å². The molecule has 1 aromatic carbocycles. The van der Waals surface area contributed by atoms with E-state index in [9.17, 15) is 24.9 Å². The highest BCUT2D eigenvalue weighted by Crippen LogP contribution is 2.55. The number of carbonyl (C=O) groups is 2. The molecule has 1 aliphatic heterocycles. The van der Waals surface area contributed by atoms with Crippen molar-refractivity contribution in [1.29, 1.82) is 0 Å². The minimum absolute atomic E-state index is 0.0661. The van der Waals surface area contributed by atoms with Gasteiger partial charge in [-0.15, -0.1) is 0 Å². The van der Waals surface area contributed by atoms with E-state index in [0.29, 0.717) is 22.3 Å². The number of ketones is 2. The van der Waals surface area contributed by atoms with Crippen LogP contribution in [0, 0.1) is 0 Å². The molecular weight excluding hydrogens is 288 g/mol. The topological polar surface area (TPSA) is 104 Å². The van der Waals surface area contributed by atoms with E-state index < -0.39 is 22.9 Å². The Morgan fingerprint density at radius 1 is 1.18 bits per heavy atom. The molecule has 6 heteroatoms. The van der Waals surface area contributed by atoms with Crippen molar-refractivity contribution >= 4 is 17.1 Å². The minimum Gasteiger partial charge on any atom is -0.504 e. The van der Waals surface area contributed by atoms with E-state index >= 15 is 0 Å². The lowest BCUT2D eigenvalue weighted by Crippen LogP contribution is -2.38. The summed E-state index contributed by atoms with van der Waals surface area (Å²) in [6.07, 6.45) is 1.39. The van der Waals surface area contributed by atoms with E-state index in [-0.39, 0.29) is 30.9 Å². The average Bonchev–Trinajstić information content (AvgIpc) is 2.75. The average molecular weight is 300 g/mol. The largest absolute Gasteiger partial charge is 0.504 e. The number of aliphatic hydroxyl groups is 1. The van der Waals surface area contributed by atoms with Crippen molar-refractivity contribution in [1.82, 2.24) is 0 Å². The lowest BCUT2D eigenvalue weighted by atomic mass is 9.86. The smallest absolute Gasteiger partial charge is 0.222 e. The van der Waals surface area contributed by atoms with Gasteiger partial charge in [-0.1, -0.05) is 0 Å². The maximum Gasteiger partial charge on any atom is 0.222 e. The molecule has 0 amide bonds. The van der Waals surface area contributed by atoms with Crippen molar-refractivity contribution in [3.63, 3.8) is 0 Å². The molecule has 1 unspecified atom stereocenters. The van der Waals surface area contributed by atoms with Crippen LogP contribution < -0.4 is 4.74 Å². The molecule has 112 valence electrons. The minimum atomic E-state index is -1.33. The third-order valence-corrected chi connectivity index (χ3v) is 4.39. The van der Waals surface area contributed by atoms with Crippen molar-refractivity contribution in [2.24, 2.45) is 0 Å². The van der Waals surface area contributed by atoms with Gasteiger partial charge in [0, 0.05) is 24.0 Å². The third kappa shape index (κ3) is 1.52. The molecule has 4 rings (SSSR count). The number of hydrogen-bond acceptors (Lipinski definition) is 6. The Kier molecular flexibility index (Phi) is 2.37. The second kappa shape index (κ2) is 3.98. The van der Waals surface area contributed by atoms with Gasteiger partial charge in [0.1, 0.15) is 12.2 Å². The van der Waals surface area contributed by atoms with Gasteiger partial charge >= 0.3 is 0 Å². The van der Waals surface area contributed by atoms with Gasteiger partial charge in [-0.3, -0.25) is 9.59 Å². The zero-order valence-corrected chi connectivity index (χ0v) is 11.4. The first kappa shape index (κ1) is 13.1. The second-order valence-corrected chi connectivity index (χ2v) is 5.79. The van der Waals surface area contributed by atoms with Gasteiger partial charge in [0.25, 0.3) is 0 Å². The number of ether oxygens (including phenoxy) is 1. The molecule has 0 spiro atoms. The van der Waals surface area contributed by atoms with Crippen molar-refractivity contribution in [2.75, 3.05) is 6.61 Å². The van der Waals surface area contributed by atoms with E-state index in [2.05, 4.69) is 0 Å². The number of fused-ring (bicyclic) bond motifs is 4. The number of phenolic OH excluding ortho intramolecular Hbond substituents is 2. The lowest BCUT2D eigenvalue weighted by Gasteiger charge is -2.33. The number of hydrogen-bond donors (Lipinski definition) is 3. The van der Waals surface area contributed by atoms with E-state index in [1.54, 1.807) is 0 Å². The fourth-order valence-corrected chi connectivity index (χ4v) is 3.41. The molecule has 1 aromatic rings. The van der Waals surface area contributed by atoms with Crippen molar-refractivity contribution < 1.29 is 29.6 Å². The number of phenols is 2. The van der Waals surface area contributed by atoms with Gasteiger partial charge in [0.05, 0.1) is 0 Å². The van der Waals surface area contributed by atoms with Crippen LogP contribution in [0.3, 0.4) is 0 Å². The predicted molar refractivity (Wildman–Crippen MR) is 74.5 cm³/mol. The molecular formula is C16H12O6. The van der Waals surface area contributed by atoms with Crippen molar-refractivity contribution in [2.45, 2.75) is 18.4 Å². The van der Waals surface area contributed by atoms with E-state index in [1.807, 2.05) is 0 Å². The lowest BCUT2D eigenvalue weighted by molar-refractivity contribution is -0.133. The van der Waals surface area contributed by atoms with Crippen LogP contribution in [0.1, 0.15) is 18.4 Å². The number of aromatic hydroxyl groups is 2. The Morgan fingerprint density at radius 3 is 2.73 bits per heavy atom. The van der Waals surface area contributed by atoms with Gasteiger partial charge in [-0.2, -0.15) is 0 Å². The van der Waals surface area contributed by atoms with Crippen LogP contribution in [-0.2, 0) is 9.59 Å². The Labute approximate surface area is 125 Å². The summed E-state index contributed by atoms with van der Waals surface area (Å²) < 4.78 is 5.42. The standard InChI is InChI=1S/C16H12O6/c17-10-2-1-8-13-9-4-12(19)11(18)3-7(9)5-16(13,21)6-22-15(8)14(10)20/h1-3,17,20-21H,4-6H2. The number of carbonyl (C=O) groups excluding carboxylic acids is 2. The highest BCUT2D eigenvalue weighted by molar-refractivity contribution is 6.43. The molecule has 0 bridgehead atoms. The highest BCUT2D eigenvalue weighted by Gasteiger charge is 2.49. The molecule has 0 saturated heterocycles. The number of allylic oxidation sites excluding steroid dienone is 2. The van der Waals surface area contributed by atoms with Gasteiger partial charge in [-0.05, 0) is 29.4 Å². The zero-order valence-electron chi connectivity index (χ0n) is 11.4. The molecule has 0 aromatic heterocycles.